The molecule has 7 heteroatoms. The van der Waals surface area contributed by atoms with Gasteiger partial charge in [0.15, 0.2) is 0 Å². The molecular weight excluding hydrogens is 394 g/mol. The van der Waals surface area contributed by atoms with Gasteiger partial charge in [-0.25, -0.2) is 4.79 Å². The summed E-state index contributed by atoms with van der Waals surface area (Å²) >= 11 is 0. The first-order valence-electron chi connectivity index (χ1n) is 10.7. The average Bonchev–Trinajstić information content (AvgIpc) is 3.18. The predicted molar refractivity (Wildman–Crippen MR) is 117 cm³/mol. The molecule has 0 radical (unpaired) electrons. The van der Waals surface area contributed by atoms with Crippen LogP contribution in [-0.4, -0.2) is 73.1 Å². The topological polar surface area (TPSA) is 62.3 Å². The van der Waals surface area contributed by atoms with Crippen molar-refractivity contribution >= 4 is 11.9 Å². The SMILES string of the molecule is COc1cc(OC)cc(C(=O)N2CCC(N3CCN(Cc4ccccc4)C3=O)CC2)c1. The number of hydrogen-bond acceptors (Lipinski definition) is 4. The van der Waals surface area contributed by atoms with Crippen LogP contribution in [0.1, 0.15) is 28.8 Å². The van der Waals surface area contributed by atoms with Crippen LogP contribution in [0.3, 0.4) is 0 Å². The molecule has 2 saturated heterocycles. The van der Waals surface area contributed by atoms with E-state index in [-0.39, 0.29) is 18.0 Å². The second-order valence-electron chi connectivity index (χ2n) is 8.01. The molecule has 0 aromatic heterocycles. The number of methoxy groups -OCH3 is 2. The maximum atomic E-state index is 13.0. The van der Waals surface area contributed by atoms with E-state index in [9.17, 15) is 9.59 Å². The minimum Gasteiger partial charge on any atom is -0.497 e. The number of benzene rings is 2. The quantitative estimate of drug-likeness (QED) is 0.716. The normalized spacial score (nSPS) is 17.2. The summed E-state index contributed by atoms with van der Waals surface area (Å²) in [4.78, 5) is 31.7. The Morgan fingerprint density at radius 2 is 1.58 bits per heavy atom. The number of nitrogens with zero attached hydrogens (tertiary/aromatic N) is 3. The zero-order chi connectivity index (χ0) is 21.8. The number of likely N-dealkylation sites (tertiary alicyclic amines) is 1. The van der Waals surface area contributed by atoms with Crippen LogP contribution in [0.5, 0.6) is 11.5 Å². The first-order chi connectivity index (χ1) is 15.1. The van der Waals surface area contributed by atoms with Crippen LogP contribution in [0.2, 0.25) is 0 Å². The van der Waals surface area contributed by atoms with E-state index in [2.05, 4.69) is 0 Å². The van der Waals surface area contributed by atoms with Crippen molar-refractivity contribution in [1.82, 2.24) is 14.7 Å². The number of amides is 3. The number of carbonyl (C=O) groups excluding carboxylic acids is 2. The van der Waals surface area contributed by atoms with Crippen molar-refractivity contribution in [3.8, 4) is 11.5 Å². The molecule has 4 rings (SSSR count). The molecule has 2 aromatic rings. The summed E-state index contributed by atoms with van der Waals surface area (Å²) in [5, 5.41) is 0. The molecule has 0 unspecified atom stereocenters. The molecule has 2 heterocycles. The Kier molecular flexibility index (Phi) is 6.30. The molecule has 3 amide bonds. The summed E-state index contributed by atoms with van der Waals surface area (Å²) in [6.07, 6.45) is 1.58. The van der Waals surface area contributed by atoms with Crippen LogP contribution < -0.4 is 9.47 Å². The molecule has 31 heavy (non-hydrogen) atoms. The number of hydrogen-bond donors (Lipinski definition) is 0. The molecule has 0 N–H and O–H groups in total. The fraction of sp³-hybridized carbons (Fsp3) is 0.417. The van der Waals surface area contributed by atoms with E-state index in [1.165, 1.54) is 0 Å². The van der Waals surface area contributed by atoms with Gasteiger partial charge in [-0.05, 0) is 30.5 Å². The van der Waals surface area contributed by atoms with Gasteiger partial charge < -0.3 is 24.2 Å². The van der Waals surface area contributed by atoms with Gasteiger partial charge in [0.05, 0.1) is 14.2 Å². The van der Waals surface area contributed by atoms with E-state index in [4.69, 9.17) is 9.47 Å². The lowest BCUT2D eigenvalue weighted by molar-refractivity contribution is 0.0662. The summed E-state index contributed by atoms with van der Waals surface area (Å²) in [6.45, 7) is 3.40. The molecular formula is C24H29N3O4. The fourth-order valence-electron chi connectivity index (χ4n) is 4.38. The largest absolute Gasteiger partial charge is 0.497 e. The molecule has 2 aliphatic heterocycles. The van der Waals surface area contributed by atoms with Crippen LogP contribution >= 0.6 is 0 Å². The van der Waals surface area contributed by atoms with Crippen LogP contribution in [0, 0.1) is 0 Å². The Labute approximate surface area is 183 Å². The molecule has 0 atom stereocenters. The van der Waals surface area contributed by atoms with Gasteiger partial charge in [0, 0.05) is 50.4 Å². The van der Waals surface area contributed by atoms with E-state index in [0.717, 1.165) is 31.5 Å². The molecule has 7 nitrogen and oxygen atoms in total. The lowest BCUT2D eigenvalue weighted by Gasteiger charge is -2.36. The van der Waals surface area contributed by atoms with E-state index in [1.54, 1.807) is 32.4 Å². The summed E-state index contributed by atoms with van der Waals surface area (Å²) in [5.74, 6) is 1.16. The third-order valence-corrected chi connectivity index (χ3v) is 6.13. The van der Waals surface area contributed by atoms with Crippen LogP contribution in [0.15, 0.2) is 48.5 Å². The van der Waals surface area contributed by atoms with Gasteiger partial charge in [-0.2, -0.15) is 0 Å². The molecule has 2 aliphatic rings. The zero-order valence-corrected chi connectivity index (χ0v) is 18.1. The molecule has 0 aliphatic carbocycles. The Hall–Kier alpha value is -3.22. The van der Waals surface area contributed by atoms with Gasteiger partial charge in [0.25, 0.3) is 5.91 Å². The lowest BCUT2D eigenvalue weighted by atomic mass is 10.0. The van der Waals surface area contributed by atoms with Crippen LogP contribution in [0.4, 0.5) is 4.79 Å². The Morgan fingerprint density at radius 1 is 0.935 bits per heavy atom. The standard InChI is InChI=1S/C24H29N3O4/c1-30-21-14-19(15-22(16-21)31-2)23(28)25-10-8-20(9-11-25)27-13-12-26(24(27)29)17-18-6-4-3-5-7-18/h3-7,14-16,20H,8-13,17H2,1-2H3. The van der Waals surface area contributed by atoms with Crippen molar-refractivity contribution < 1.29 is 19.1 Å². The summed E-state index contributed by atoms with van der Waals surface area (Å²) in [5.41, 5.74) is 1.70. The number of rotatable bonds is 6. The van der Waals surface area contributed by atoms with Gasteiger partial charge in [0.1, 0.15) is 11.5 Å². The number of carbonyl (C=O) groups is 2. The van der Waals surface area contributed by atoms with E-state index in [1.807, 2.05) is 45.0 Å². The Bertz CT molecular complexity index is 903. The minimum absolute atomic E-state index is 0.0332. The molecule has 2 fully saturated rings. The second-order valence-corrected chi connectivity index (χ2v) is 8.01. The Balaban J connectivity index is 1.34. The fourth-order valence-corrected chi connectivity index (χ4v) is 4.38. The second kappa shape index (κ2) is 9.29. The zero-order valence-electron chi connectivity index (χ0n) is 18.1. The van der Waals surface area contributed by atoms with Crippen molar-refractivity contribution in [2.24, 2.45) is 0 Å². The minimum atomic E-state index is -0.0332. The summed E-state index contributed by atoms with van der Waals surface area (Å²) in [6, 6.07) is 15.6. The smallest absolute Gasteiger partial charge is 0.320 e. The van der Waals surface area contributed by atoms with Crippen LogP contribution in [0.25, 0.3) is 0 Å². The van der Waals surface area contributed by atoms with Crippen molar-refractivity contribution in [3.63, 3.8) is 0 Å². The van der Waals surface area contributed by atoms with Crippen molar-refractivity contribution in [2.75, 3.05) is 40.4 Å². The number of ether oxygens (including phenoxy) is 2. The van der Waals surface area contributed by atoms with Gasteiger partial charge >= 0.3 is 6.03 Å². The summed E-state index contributed by atoms with van der Waals surface area (Å²) in [7, 11) is 3.14. The first-order valence-corrected chi connectivity index (χ1v) is 10.7. The van der Waals surface area contributed by atoms with Crippen molar-refractivity contribution in [1.29, 1.82) is 0 Å². The third kappa shape index (κ3) is 4.60. The average molecular weight is 424 g/mol. The van der Waals surface area contributed by atoms with E-state index >= 15 is 0 Å². The highest BCUT2D eigenvalue weighted by Gasteiger charge is 2.36. The first kappa shape index (κ1) is 21.0. The van der Waals surface area contributed by atoms with Gasteiger partial charge in [-0.3, -0.25) is 4.79 Å². The van der Waals surface area contributed by atoms with Crippen molar-refractivity contribution in [3.05, 3.63) is 59.7 Å². The lowest BCUT2D eigenvalue weighted by Crippen LogP contribution is -2.48. The van der Waals surface area contributed by atoms with Gasteiger partial charge in [-0.1, -0.05) is 30.3 Å². The summed E-state index contributed by atoms with van der Waals surface area (Å²) < 4.78 is 10.6. The van der Waals surface area contributed by atoms with Crippen LogP contribution in [-0.2, 0) is 6.54 Å². The maximum absolute atomic E-state index is 13.0. The molecule has 0 bridgehead atoms. The number of piperidine rings is 1. The highest BCUT2D eigenvalue weighted by atomic mass is 16.5. The van der Waals surface area contributed by atoms with Gasteiger partial charge in [-0.15, -0.1) is 0 Å². The third-order valence-electron chi connectivity index (χ3n) is 6.13. The molecule has 164 valence electrons. The predicted octanol–water partition coefficient (Wildman–Crippen LogP) is 3.25. The maximum Gasteiger partial charge on any atom is 0.320 e. The van der Waals surface area contributed by atoms with Gasteiger partial charge in [0.2, 0.25) is 0 Å². The number of urea groups is 1. The highest BCUT2D eigenvalue weighted by Crippen LogP contribution is 2.26. The van der Waals surface area contributed by atoms with E-state index < -0.39 is 0 Å². The Morgan fingerprint density at radius 3 is 2.19 bits per heavy atom. The van der Waals surface area contributed by atoms with E-state index in [0.29, 0.717) is 36.7 Å². The monoisotopic (exact) mass is 423 g/mol. The molecule has 0 saturated carbocycles. The molecule has 2 aromatic carbocycles. The van der Waals surface area contributed by atoms with Crippen molar-refractivity contribution in [2.45, 2.75) is 25.4 Å². The highest BCUT2D eigenvalue weighted by molar-refractivity contribution is 5.95. The molecule has 0 spiro atoms.